The van der Waals surface area contributed by atoms with Crippen molar-refractivity contribution in [1.29, 1.82) is 0 Å². The average molecular weight is 343 g/mol. The van der Waals surface area contributed by atoms with Crippen molar-refractivity contribution in [3.05, 3.63) is 39.8 Å². The van der Waals surface area contributed by atoms with E-state index in [4.69, 9.17) is 4.74 Å². The molecule has 126 valence electrons. The minimum Gasteiger partial charge on any atom is -0.504 e. The lowest BCUT2D eigenvalue weighted by Crippen LogP contribution is -2.23. The molecule has 1 aliphatic carbocycles. The Bertz CT molecular complexity index is 811. The smallest absolute Gasteiger partial charge is 0.225 e. The summed E-state index contributed by atoms with van der Waals surface area (Å²) in [6.45, 7) is 2.29. The van der Waals surface area contributed by atoms with Gasteiger partial charge in [-0.15, -0.1) is 11.3 Å². The van der Waals surface area contributed by atoms with Gasteiger partial charge in [0.25, 0.3) is 0 Å². The Morgan fingerprint density at radius 2 is 2.17 bits per heavy atom. The van der Waals surface area contributed by atoms with Gasteiger partial charge in [-0.05, 0) is 54.0 Å². The van der Waals surface area contributed by atoms with Gasteiger partial charge >= 0.3 is 0 Å². The Labute approximate surface area is 145 Å². The molecular weight excluding hydrogens is 322 g/mol. The highest BCUT2D eigenvalue weighted by Crippen LogP contribution is 2.49. The average Bonchev–Trinajstić information content (AvgIpc) is 2.91. The molecule has 1 aliphatic heterocycles. The van der Waals surface area contributed by atoms with E-state index in [1.807, 2.05) is 12.1 Å². The third kappa shape index (κ3) is 2.47. The Hall–Kier alpha value is -2.01. The quantitative estimate of drug-likeness (QED) is 0.864. The molecule has 0 unspecified atom stereocenters. The zero-order chi connectivity index (χ0) is 16.8. The van der Waals surface area contributed by atoms with Gasteiger partial charge in [0, 0.05) is 17.2 Å². The van der Waals surface area contributed by atoms with Crippen LogP contribution in [0.15, 0.2) is 18.2 Å². The highest BCUT2D eigenvalue weighted by atomic mass is 32.1. The monoisotopic (exact) mass is 343 g/mol. The number of phenolic OH excluding ortho intramolecular Hbond substituents is 1. The van der Waals surface area contributed by atoms with Crippen LogP contribution >= 0.6 is 11.3 Å². The van der Waals surface area contributed by atoms with Crippen LogP contribution in [0.2, 0.25) is 0 Å². The molecular formula is C19H21NO3S. The molecule has 0 saturated heterocycles. The van der Waals surface area contributed by atoms with Crippen LogP contribution in [0.3, 0.4) is 0 Å². The van der Waals surface area contributed by atoms with Crippen LogP contribution in [0.4, 0.5) is 5.00 Å². The SMILES string of the molecule is COc1cc([C@H]2CC(=O)Nc3sc4c(c32)CC[C@H](C)C4)ccc1O. The summed E-state index contributed by atoms with van der Waals surface area (Å²) in [5.41, 5.74) is 3.75. The second kappa shape index (κ2) is 5.81. The molecule has 2 N–H and O–H groups in total. The van der Waals surface area contributed by atoms with Crippen LogP contribution in [0.5, 0.6) is 11.5 Å². The highest BCUT2D eigenvalue weighted by molar-refractivity contribution is 7.16. The molecule has 2 aliphatic rings. The number of thiophene rings is 1. The van der Waals surface area contributed by atoms with E-state index >= 15 is 0 Å². The number of ether oxygens (including phenoxy) is 1. The van der Waals surface area contributed by atoms with Gasteiger partial charge in [0.1, 0.15) is 0 Å². The van der Waals surface area contributed by atoms with Gasteiger partial charge in [0.15, 0.2) is 11.5 Å². The number of hydrogen-bond donors (Lipinski definition) is 2. The van der Waals surface area contributed by atoms with Crippen molar-refractivity contribution in [2.45, 2.75) is 38.5 Å². The second-order valence-corrected chi connectivity index (χ2v) is 7.94. The third-order valence-corrected chi connectivity index (χ3v) is 6.34. The molecule has 0 spiro atoms. The van der Waals surface area contributed by atoms with Gasteiger partial charge in [-0.25, -0.2) is 0 Å². The molecule has 0 saturated carbocycles. The number of aromatic hydroxyl groups is 1. The van der Waals surface area contributed by atoms with Crippen molar-refractivity contribution >= 4 is 22.2 Å². The predicted octanol–water partition coefficient (Wildman–Crippen LogP) is 4.06. The minimum atomic E-state index is 0.0386. The fourth-order valence-electron chi connectivity index (χ4n) is 3.90. The third-order valence-electron chi connectivity index (χ3n) is 5.15. The maximum atomic E-state index is 12.2. The number of nitrogens with one attached hydrogen (secondary N) is 1. The number of carbonyl (C=O) groups is 1. The largest absolute Gasteiger partial charge is 0.504 e. The molecule has 1 amide bonds. The van der Waals surface area contributed by atoms with Crippen LogP contribution in [0.1, 0.15) is 47.3 Å². The number of benzene rings is 1. The van der Waals surface area contributed by atoms with Crippen molar-refractivity contribution in [3.8, 4) is 11.5 Å². The van der Waals surface area contributed by atoms with Crippen LogP contribution in [0.25, 0.3) is 0 Å². The maximum Gasteiger partial charge on any atom is 0.225 e. The first kappa shape index (κ1) is 15.5. The molecule has 4 nitrogen and oxygen atoms in total. The lowest BCUT2D eigenvalue weighted by molar-refractivity contribution is -0.116. The lowest BCUT2D eigenvalue weighted by atomic mass is 9.80. The van der Waals surface area contributed by atoms with Crippen molar-refractivity contribution in [2.24, 2.45) is 5.92 Å². The van der Waals surface area contributed by atoms with E-state index in [-0.39, 0.29) is 17.6 Å². The van der Waals surface area contributed by atoms with E-state index < -0.39 is 0 Å². The topological polar surface area (TPSA) is 58.6 Å². The number of hydrogen-bond acceptors (Lipinski definition) is 4. The number of methoxy groups -OCH3 is 1. The van der Waals surface area contributed by atoms with Gasteiger partial charge in [-0.1, -0.05) is 13.0 Å². The number of phenols is 1. The zero-order valence-electron chi connectivity index (χ0n) is 13.9. The van der Waals surface area contributed by atoms with E-state index in [1.54, 1.807) is 24.5 Å². The fourth-order valence-corrected chi connectivity index (χ4v) is 5.39. The van der Waals surface area contributed by atoms with Gasteiger partial charge in [-0.2, -0.15) is 0 Å². The summed E-state index contributed by atoms with van der Waals surface area (Å²) in [4.78, 5) is 13.7. The van der Waals surface area contributed by atoms with Crippen LogP contribution in [0, 0.1) is 5.92 Å². The Morgan fingerprint density at radius 3 is 2.96 bits per heavy atom. The first-order valence-electron chi connectivity index (χ1n) is 8.38. The van der Waals surface area contributed by atoms with Crippen molar-refractivity contribution in [3.63, 3.8) is 0 Å². The van der Waals surface area contributed by atoms with E-state index in [0.717, 1.165) is 23.4 Å². The lowest BCUT2D eigenvalue weighted by Gasteiger charge is -2.26. The standard InChI is InChI=1S/C19H21NO3S/c1-10-3-5-12-16(7-10)24-19-18(12)13(9-17(22)20-19)11-4-6-14(21)15(8-11)23-2/h4,6,8,10,13,21H,3,5,7,9H2,1-2H3,(H,20,22)/t10-,13+/m0/s1. The van der Waals surface area contributed by atoms with Gasteiger partial charge in [0.05, 0.1) is 12.1 Å². The van der Waals surface area contributed by atoms with Crippen LogP contribution in [-0.2, 0) is 17.6 Å². The number of amides is 1. The summed E-state index contributed by atoms with van der Waals surface area (Å²) < 4.78 is 5.25. The van der Waals surface area contributed by atoms with Crippen LogP contribution in [-0.4, -0.2) is 18.1 Å². The molecule has 1 aromatic carbocycles. The van der Waals surface area contributed by atoms with E-state index in [0.29, 0.717) is 18.1 Å². The first-order chi connectivity index (χ1) is 11.6. The fraction of sp³-hybridized carbons (Fsp3) is 0.421. The van der Waals surface area contributed by atoms with Gasteiger partial charge < -0.3 is 15.2 Å². The Balaban J connectivity index is 1.83. The number of rotatable bonds is 2. The predicted molar refractivity (Wildman–Crippen MR) is 95.3 cm³/mol. The Kier molecular flexibility index (Phi) is 3.76. The Morgan fingerprint density at radius 1 is 1.33 bits per heavy atom. The highest BCUT2D eigenvalue weighted by Gasteiger charge is 2.34. The summed E-state index contributed by atoms with van der Waals surface area (Å²) >= 11 is 1.74. The molecule has 5 heteroatoms. The molecule has 0 fully saturated rings. The summed E-state index contributed by atoms with van der Waals surface area (Å²) in [6, 6.07) is 5.42. The van der Waals surface area contributed by atoms with Crippen molar-refractivity contribution in [2.75, 3.05) is 12.4 Å². The number of fused-ring (bicyclic) bond motifs is 3. The van der Waals surface area contributed by atoms with E-state index in [2.05, 4.69) is 12.2 Å². The maximum absolute atomic E-state index is 12.2. The van der Waals surface area contributed by atoms with E-state index in [9.17, 15) is 9.90 Å². The second-order valence-electron chi connectivity index (χ2n) is 6.83. The van der Waals surface area contributed by atoms with Crippen molar-refractivity contribution in [1.82, 2.24) is 0 Å². The summed E-state index contributed by atoms with van der Waals surface area (Å²) in [7, 11) is 1.55. The summed E-state index contributed by atoms with van der Waals surface area (Å²) in [5, 5.41) is 13.9. The summed E-state index contributed by atoms with van der Waals surface area (Å²) in [5.74, 6) is 1.39. The van der Waals surface area contributed by atoms with Crippen LogP contribution < -0.4 is 10.1 Å². The first-order valence-corrected chi connectivity index (χ1v) is 9.19. The minimum absolute atomic E-state index is 0.0386. The molecule has 0 bridgehead atoms. The van der Waals surface area contributed by atoms with E-state index in [1.165, 1.54) is 22.4 Å². The molecule has 2 aromatic rings. The molecule has 0 radical (unpaired) electrons. The van der Waals surface area contributed by atoms with Crippen molar-refractivity contribution < 1.29 is 14.6 Å². The number of anilines is 1. The summed E-state index contributed by atoms with van der Waals surface area (Å²) in [6.07, 6.45) is 3.84. The van der Waals surface area contributed by atoms with Gasteiger partial charge in [0.2, 0.25) is 5.91 Å². The molecule has 24 heavy (non-hydrogen) atoms. The number of carbonyl (C=O) groups excluding carboxylic acids is 1. The molecule has 4 rings (SSSR count). The molecule has 2 heterocycles. The normalized spacial score (nSPS) is 22.5. The zero-order valence-corrected chi connectivity index (χ0v) is 14.7. The molecule has 2 atom stereocenters. The molecule has 1 aromatic heterocycles. The van der Waals surface area contributed by atoms with Gasteiger partial charge in [-0.3, -0.25) is 4.79 Å².